The van der Waals surface area contributed by atoms with Crippen LogP contribution in [0.2, 0.25) is 0 Å². The van der Waals surface area contributed by atoms with E-state index in [1.807, 2.05) is 6.92 Å². The molecule has 0 radical (unpaired) electrons. The standard InChI is InChI=1S/C20H23NS/c1-15(2)22-18(5)21(20-13-10-17(4)11-14-20)19-8-6-7-16(3)9-12-19/h6,8-14H,1,5,7H2,2-4H3. The van der Waals surface area contributed by atoms with Crippen LogP contribution in [0.15, 0.2) is 82.9 Å². The summed E-state index contributed by atoms with van der Waals surface area (Å²) in [5, 5.41) is 0.959. The van der Waals surface area contributed by atoms with Crippen LogP contribution in [-0.4, -0.2) is 0 Å². The number of allylic oxidation sites excluding steroid dienone is 6. The Hall–Kier alpha value is -1.93. The lowest BCUT2D eigenvalue weighted by Gasteiger charge is -2.27. The maximum absolute atomic E-state index is 4.25. The average Bonchev–Trinajstić information content (AvgIpc) is 2.66. The maximum atomic E-state index is 4.25. The summed E-state index contributed by atoms with van der Waals surface area (Å²) in [5.41, 5.74) is 4.85. The molecule has 2 rings (SSSR count). The molecule has 1 nitrogen and oxygen atoms in total. The molecule has 0 spiro atoms. The van der Waals surface area contributed by atoms with E-state index in [4.69, 9.17) is 0 Å². The Morgan fingerprint density at radius 1 is 1.09 bits per heavy atom. The van der Waals surface area contributed by atoms with Crippen LogP contribution < -0.4 is 4.90 Å². The lowest BCUT2D eigenvalue weighted by atomic mass is 10.2. The zero-order valence-electron chi connectivity index (χ0n) is 13.6. The van der Waals surface area contributed by atoms with Gasteiger partial charge >= 0.3 is 0 Å². The lowest BCUT2D eigenvalue weighted by molar-refractivity contribution is 1.18. The van der Waals surface area contributed by atoms with E-state index in [-0.39, 0.29) is 0 Å². The van der Waals surface area contributed by atoms with E-state index in [0.717, 1.165) is 27.7 Å². The molecular formula is C20H23NS. The van der Waals surface area contributed by atoms with E-state index in [1.165, 1.54) is 11.1 Å². The summed E-state index contributed by atoms with van der Waals surface area (Å²) in [6.07, 6.45) is 9.68. The number of rotatable bonds is 5. The van der Waals surface area contributed by atoms with Gasteiger partial charge in [-0.2, -0.15) is 0 Å². The van der Waals surface area contributed by atoms with Crippen LogP contribution in [0.4, 0.5) is 5.69 Å². The first-order valence-electron chi connectivity index (χ1n) is 7.40. The predicted molar refractivity (Wildman–Crippen MR) is 101 cm³/mol. The van der Waals surface area contributed by atoms with Gasteiger partial charge in [0.05, 0.1) is 5.03 Å². The SMILES string of the molecule is C=C(C)SC(=C)N(C1=CC=C(C)CC=C1)c1ccc(C)cc1. The van der Waals surface area contributed by atoms with Crippen molar-refractivity contribution in [1.29, 1.82) is 0 Å². The Kier molecular flexibility index (Phi) is 5.51. The summed E-state index contributed by atoms with van der Waals surface area (Å²) < 4.78 is 0. The molecule has 1 aromatic carbocycles. The smallest absolute Gasteiger partial charge is 0.0770 e. The second kappa shape index (κ2) is 7.37. The molecule has 22 heavy (non-hydrogen) atoms. The normalized spacial score (nSPS) is 14.0. The number of benzene rings is 1. The van der Waals surface area contributed by atoms with E-state index < -0.39 is 0 Å². The molecule has 0 atom stereocenters. The minimum atomic E-state index is 0.959. The van der Waals surface area contributed by atoms with Gasteiger partial charge < -0.3 is 4.90 Å². The summed E-state index contributed by atoms with van der Waals surface area (Å²) in [4.78, 5) is 3.22. The summed E-state index contributed by atoms with van der Waals surface area (Å²) >= 11 is 1.60. The van der Waals surface area contributed by atoms with Crippen LogP contribution >= 0.6 is 11.8 Å². The molecule has 1 aliphatic carbocycles. The summed E-state index contributed by atoms with van der Waals surface area (Å²) in [5.74, 6) is 0. The van der Waals surface area contributed by atoms with Crippen molar-refractivity contribution in [2.45, 2.75) is 27.2 Å². The Balaban J connectivity index is 2.43. The third kappa shape index (κ3) is 4.28. The fourth-order valence-corrected chi connectivity index (χ4v) is 2.95. The van der Waals surface area contributed by atoms with E-state index in [1.54, 1.807) is 11.8 Å². The highest BCUT2D eigenvalue weighted by Crippen LogP contribution is 2.34. The predicted octanol–water partition coefficient (Wildman–Crippen LogP) is 6.33. The Morgan fingerprint density at radius 3 is 2.41 bits per heavy atom. The van der Waals surface area contributed by atoms with Crippen molar-refractivity contribution >= 4 is 17.4 Å². The maximum Gasteiger partial charge on any atom is 0.0770 e. The van der Waals surface area contributed by atoms with Crippen molar-refractivity contribution in [1.82, 2.24) is 0 Å². The first kappa shape index (κ1) is 16.4. The second-order valence-corrected chi connectivity index (χ2v) is 6.95. The van der Waals surface area contributed by atoms with Crippen LogP contribution in [0.1, 0.15) is 25.8 Å². The van der Waals surface area contributed by atoms with Crippen molar-refractivity contribution < 1.29 is 0 Å². The monoisotopic (exact) mass is 309 g/mol. The molecule has 0 heterocycles. The van der Waals surface area contributed by atoms with Gasteiger partial charge in [-0.3, -0.25) is 0 Å². The first-order chi connectivity index (χ1) is 10.5. The van der Waals surface area contributed by atoms with Gasteiger partial charge in [-0.25, -0.2) is 0 Å². The second-order valence-electron chi connectivity index (χ2n) is 5.58. The molecule has 1 aliphatic rings. The number of nitrogens with zero attached hydrogens (tertiary/aromatic N) is 1. The molecule has 0 bridgehead atoms. The zero-order chi connectivity index (χ0) is 16.1. The highest BCUT2D eigenvalue weighted by Gasteiger charge is 2.15. The lowest BCUT2D eigenvalue weighted by Crippen LogP contribution is -2.18. The van der Waals surface area contributed by atoms with Gasteiger partial charge in [0.2, 0.25) is 0 Å². The molecule has 0 N–H and O–H groups in total. The molecule has 0 saturated carbocycles. The average molecular weight is 309 g/mol. The van der Waals surface area contributed by atoms with Gasteiger partial charge in [0.25, 0.3) is 0 Å². The molecule has 114 valence electrons. The third-order valence-electron chi connectivity index (χ3n) is 3.36. The molecule has 0 aliphatic heterocycles. The van der Waals surface area contributed by atoms with Crippen LogP contribution in [0.3, 0.4) is 0 Å². The zero-order valence-corrected chi connectivity index (χ0v) is 14.4. The fraction of sp³-hybridized carbons (Fsp3) is 0.200. The number of hydrogen-bond acceptors (Lipinski definition) is 2. The molecule has 0 amide bonds. The Bertz CT molecular complexity index is 659. The van der Waals surface area contributed by atoms with E-state index >= 15 is 0 Å². The van der Waals surface area contributed by atoms with Crippen LogP contribution in [0.25, 0.3) is 0 Å². The summed E-state index contributed by atoms with van der Waals surface area (Å²) in [7, 11) is 0. The quantitative estimate of drug-likeness (QED) is 0.625. The number of hydrogen-bond donors (Lipinski definition) is 0. The summed E-state index contributed by atoms with van der Waals surface area (Å²) in [6, 6.07) is 8.53. The van der Waals surface area contributed by atoms with E-state index in [0.29, 0.717) is 0 Å². The Morgan fingerprint density at radius 2 is 1.77 bits per heavy atom. The first-order valence-corrected chi connectivity index (χ1v) is 8.22. The molecule has 0 saturated heterocycles. The Labute approximate surface area is 138 Å². The molecule has 0 unspecified atom stereocenters. The summed E-state index contributed by atoms with van der Waals surface area (Å²) in [6.45, 7) is 14.5. The highest BCUT2D eigenvalue weighted by atomic mass is 32.2. The van der Waals surface area contributed by atoms with Gasteiger partial charge in [0.15, 0.2) is 0 Å². The van der Waals surface area contributed by atoms with Crippen molar-refractivity contribution in [3.8, 4) is 0 Å². The van der Waals surface area contributed by atoms with Crippen molar-refractivity contribution in [3.05, 3.63) is 88.5 Å². The van der Waals surface area contributed by atoms with Crippen molar-refractivity contribution in [2.24, 2.45) is 0 Å². The van der Waals surface area contributed by atoms with Gasteiger partial charge in [0, 0.05) is 11.4 Å². The minimum absolute atomic E-state index is 0.959. The number of aryl methyl sites for hydroxylation is 1. The fourth-order valence-electron chi connectivity index (χ4n) is 2.24. The number of anilines is 1. The van der Waals surface area contributed by atoms with E-state index in [2.05, 4.69) is 80.5 Å². The molecule has 2 heteroatoms. The molecule has 0 fully saturated rings. The van der Waals surface area contributed by atoms with Gasteiger partial charge in [-0.1, -0.05) is 60.3 Å². The van der Waals surface area contributed by atoms with Gasteiger partial charge in [0.1, 0.15) is 0 Å². The van der Waals surface area contributed by atoms with Crippen molar-refractivity contribution in [3.63, 3.8) is 0 Å². The molecule has 1 aromatic rings. The van der Waals surface area contributed by atoms with Gasteiger partial charge in [-0.05, 0) is 56.4 Å². The third-order valence-corrected chi connectivity index (χ3v) is 4.13. The highest BCUT2D eigenvalue weighted by molar-refractivity contribution is 8.06. The van der Waals surface area contributed by atoms with Gasteiger partial charge in [-0.15, -0.1) is 0 Å². The molecular weight excluding hydrogens is 286 g/mol. The topological polar surface area (TPSA) is 3.24 Å². The van der Waals surface area contributed by atoms with Crippen molar-refractivity contribution in [2.75, 3.05) is 4.90 Å². The minimum Gasteiger partial charge on any atom is -0.305 e. The largest absolute Gasteiger partial charge is 0.305 e. The number of thioether (sulfide) groups is 1. The molecule has 0 aromatic heterocycles. The van der Waals surface area contributed by atoms with E-state index in [9.17, 15) is 0 Å². The van der Waals surface area contributed by atoms with Crippen LogP contribution in [0, 0.1) is 6.92 Å². The van der Waals surface area contributed by atoms with Crippen LogP contribution in [0.5, 0.6) is 0 Å². The van der Waals surface area contributed by atoms with Crippen LogP contribution in [-0.2, 0) is 0 Å².